The fraction of sp³-hybridized carbons (Fsp3) is 0.385. The summed E-state index contributed by atoms with van der Waals surface area (Å²) in [5.74, 6) is 1.08. The predicted molar refractivity (Wildman–Crippen MR) is 79.3 cm³/mol. The molecule has 0 aliphatic heterocycles. The maximum atomic E-state index is 6.12. The normalized spacial score (nSPS) is 10.9. The Hall–Kier alpha value is -0.910. The molecule has 0 saturated heterocycles. The van der Waals surface area contributed by atoms with Crippen molar-refractivity contribution < 1.29 is 4.42 Å². The predicted octanol–water partition coefficient (Wildman–Crippen LogP) is 3.69. The second-order valence-corrected chi connectivity index (χ2v) is 5.45. The summed E-state index contributed by atoms with van der Waals surface area (Å²) in [7, 11) is 0. The van der Waals surface area contributed by atoms with Crippen molar-refractivity contribution in [2.45, 2.75) is 19.8 Å². The Kier molecular flexibility index (Phi) is 5.36. The van der Waals surface area contributed by atoms with Gasteiger partial charge in [0.15, 0.2) is 0 Å². The maximum Gasteiger partial charge on any atom is 0.249 e. The molecule has 1 heterocycles. The van der Waals surface area contributed by atoms with Gasteiger partial charge in [0.2, 0.25) is 11.8 Å². The Bertz CT molecular complexity index is 544. The molecule has 0 spiro atoms. The maximum absolute atomic E-state index is 6.12. The van der Waals surface area contributed by atoms with Crippen LogP contribution in [0.4, 0.5) is 0 Å². The molecule has 2 aromatic rings. The second-order valence-electron chi connectivity index (χ2n) is 4.13. The monoisotopic (exact) mass is 343 g/mol. The lowest BCUT2D eigenvalue weighted by Crippen LogP contribution is -2.17. The van der Waals surface area contributed by atoms with Gasteiger partial charge in [-0.15, -0.1) is 10.2 Å². The van der Waals surface area contributed by atoms with Crippen LogP contribution in [0.3, 0.4) is 0 Å². The third-order valence-electron chi connectivity index (χ3n) is 2.57. The Morgan fingerprint density at radius 3 is 2.95 bits per heavy atom. The molecular weight excluding hydrogens is 330 g/mol. The number of halogens is 2. The number of rotatable bonds is 6. The van der Waals surface area contributed by atoms with E-state index < -0.39 is 0 Å². The number of hydrogen-bond acceptors (Lipinski definition) is 4. The van der Waals surface area contributed by atoms with E-state index in [1.54, 1.807) is 6.07 Å². The summed E-state index contributed by atoms with van der Waals surface area (Å²) in [5.41, 5.74) is 0.747. The highest BCUT2D eigenvalue weighted by Crippen LogP contribution is 2.29. The van der Waals surface area contributed by atoms with Crippen LogP contribution in [0, 0.1) is 0 Å². The van der Waals surface area contributed by atoms with Crippen LogP contribution in [0.1, 0.15) is 19.2 Å². The summed E-state index contributed by atoms with van der Waals surface area (Å²) in [4.78, 5) is 0. The van der Waals surface area contributed by atoms with Gasteiger partial charge in [-0.2, -0.15) is 0 Å². The number of benzene rings is 1. The molecule has 19 heavy (non-hydrogen) atoms. The van der Waals surface area contributed by atoms with E-state index in [9.17, 15) is 0 Å². The van der Waals surface area contributed by atoms with Gasteiger partial charge in [-0.05, 0) is 31.2 Å². The molecule has 0 aliphatic rings. The molecule has 102 valence electrons. The number of nitrogens with one attached hydrogen (secondary N) is 1. The average molecular weight is 345 g/mol. The highest BCUT2D eigenvalue weighted by molar-refractivity contribution is 9.10. The van der Waals surface area contributed by atoms with E-state index in [1.807, 2.05) is 12.1 Å². The zero-order valence-electron chi connectivity index (χ0n) is 10.6. The van der Waals surface area contributed by atoms with Crippen LogP contribution in [0.2, 0.25) is 5.02 Å². The first-order valence-electron chi connectivity index (χ1n) is 6.19. The van der Waals surface area contributed by atoms with Crippen molar-refractivity contribution >= 4 is 27.5 Å². The molecule has 1 aromatic carbocycles. The molecule has 1 aromatic heterocycles. The number of hydrogen-bond donors (Lipinski definition) is 1. The SMILES string of the molecule is CCCNCCc1nnc(-c2cc(Br)ccc2Cl)o1. The first-order valence-corrected chi connectivity index (χ1v) is 7.36. The summed E-state index contributed by atoms with van der Waals surface area (Å²) < 4.78 is 6.55. The standard InChI is InChI=1S/C13H15BrClN3O/c1-2-6-16-7-5-12-17-18-13(19-12)10-8-9(14)3-4-11(10)15/h3-4,8,16H,2,5-7H2,1H3. The second kappa shape index (κ2) is 7.03. The van der Waals surface area contributed by atoms with Crippen LogP contribution in [0.15, 0.2) is 27.1 Å². The molecule has 4 nitrogen and oxygen atoms in total. The van der Waals surface area contributed by atoms with E-state index in [0.29, 0.717) is 16.8 Å². The third-order valence-corrected chi connectivity index (χ3v) is 3.39. The topological polar surface area (TPSA) is 51.0 Å². The highest BCUT2D eigenvalue weighted by atomic mass is 79.9. The van der Waals surface area contributed by atoms with E-state index >= 15 is 0 Å². The van der Waals surface area contributed by atoms with Crippen LogP contribution in [0.5, 0.6) is 0 Å². The number of aromatic nitrogens is 2. The van der Waals surface area contributed by atoms with Gasteiger partial charge in [0.25, 0.3) is 0 Å². The summed E-state index contributed by atoms with van der Waals surface area (Å²) in [5, 5.41) is 12.0. The zero-order valence-corrected chi connectivity index (χ0v) is 13.0. The van der Waals surface area contributed by atoms with Crippen LogP contribution in [-0.2, 0) is 6.42 Å². The molecule has 0 saturated carbocycles. The molecule has 6 heteroatoms. The van der Waals surface area contributed by atoms with Gasteiger partial charge in [-0.3, -0.25) is 0 Å². The van der Waals surface area contributed by atoms with Crippen LogP contribution >= 0.6 is 27.5 Å². The summed E-state index contributed by atoms with van der Waals surface area (Å²) in [6.45, 7) is 3.97. The van der Waals surface area contributed by atoms with E-state index in [1.165, 1.54) is 0 Å². The largest absolute Gasteiger partial charge is 0.421 e. The highest BCUT2D eigenvalue weighted by Gasteiger charge is 2.12. The van der Waals surface area contributed by atoms with Crippen LogP contribution in [0.25, 0.3) is 11.5 Å². The Labute approximate surface area is 125 Å². The summed E-state index contributed by atoms with van der Waals surface area (Å²) in [6.07, 6.45) is 1.83. The number of nitrogens with zero attached hydrogens (tertiary/aromatic N) is 2. The van der Waals surface area contributed by atoms with Gasteiger partial charge in [-0.25, -0.2) is 0 Å². The van der Waals surface area contributed by atoms with Crippen molar-refractivity contribution in [3.63, 3.8) is 0 Å². The molecule has 0 bridgehead atoms. The third kappa shape index (κ3) is 4.03. The van der Waals surface area contributed by atoms with Gasteiger partial charge in [0.1, 0.15) is 0 Å². The minimum absolute atomic E-state index is 0.455. The summed E-state index contributed by atoms with van der Waals surface area (Å²) in [6, 6.07) is 5.54. The molecular formula is C13H15BrClN3O. The van der Waals surface area contributed by atoms with E-state index in [2.05, 4.69) is 38.4 Å². The minimum atomic E-state index is 0.455. The quantitative estimate of drug-likeness (QED) is 0.812. The lowest BCUT2D eigenvalue weighted by atomic mass is 10.2. The van der Waals surface area contributed by atoms with Gasteiger partial charge in [0, 0.05) is 17.4 Å². The van der Waals surface area contributed by atoms with E-state index in [-0.39, 0.29) is 0 Å². The van der Waals surface area contributed by atoms with Crippen molar-refractivity contribution in [1.82, 2.24) is 15.5 Å². The zero-order chi connectivity index (χ0) is 13.7. The van der Waals surface area contributed by atoms with Crippen LogP contribution in [-0.4, -0.2) is 23.3 Å². The molecule has 2 rings (SSSR count). The Balaban J connectivity index is 2.06. The summed E-state index contributed by atoms with van der Waals surface area (Å²) >= 11 is 9.53. The molecule has 0 fully saturated rings. The van der Waals surface area contributed by atoms with Crippen molar-refractivity contribution in [3.05, 3.63) is 33.6 Å². The molecule has 0 aliphatic carbocycles. The lowest BCUT2D eigenvalue weighted by molar-refractivity contribution is 0.494. The minimum Gasteiger partial charge on any atom is -0.421 e. The van der Waals surface area contributed by atoms with Gasteiger partial charge < -0.3 is 9.73 Å². The van der Waals surface area contributed by atoms with Crippen LogP contribution < -0.4 is 5.32 Å². The van der Waals surface area contributed by atoms with Crippen molar-refractivity contribution in [2.75, 3.05) is 13.1 Å². The van der Waals surface area contributed by atoms with E-state index in [0.717, 1.165) is 36.0 Å². The first-order chi connectivity index (χ1) is 9.20. The smallest absolute Gasteiger partial charge is 0.249 e. The molecule has 0 atom stereocenters. The average Bonchev–Trinajstić information content (AvgIpc) is 2.86. The fourth-order valence-electron chi connectivity index (χ4n) is 1.62. The molecule has 0 amide bonds. The molecule has 1 N–H and O–H groups in total. The lowest BCUT2D eigenvalue weighted by Gasteiger charge is -2.00. The first kappa shape index (κ1) is 14.5. The van der Waals surface area contributed by atoms with Gasteiger partial charge in [0.05, 0.1) is 10.6 Å². The van der Waals surface area contributed by atoms with Gasteiger partial charge >= 0.3 is 0 Å². The van der Waals surface area contributed by atoms with Crippen molar-refractivity contribution in [3.8, 4) is 11.5 Å². The van der Waals surface area contributed by atoms with Gasteiger partial charge in [-0.1, -0.05) is 34.5 Å². The Morgan fingerprint density at radius 2 is 2.16 bits per heavy atom. The molecule has 0 radical (unpaired) electrons. The van der Waals surface area contributed by atoms with Crippen molar-refractivity contribution in [1.29, 1.82) is 0 Å². The van der Waals surface area contributed by atoms with E-state index in [4.69, 9.17) is 16.0 Å². The Morgan fingerprint density at radius 1 is 1.32 bits per heavy atom. The van der Waals surface area contributed by atoms with Crippen molar-refractivity contribution in [2.24, 2.45) is 0 Å². The fourth-order valence-corrected chi connectivity index (χ4v) is 2.18. The molecule has 0 unspecified atom stereocenters.